The number of carbonyl (C=O) groups is 1. The normalized spacial score (nSPS) is 12.0. The van der Waals surface area contributed by atoms with Crippen LogP contribution in [0, 0.1) is 0 Å². The zero-order valence-electron chi connectivity index (χ0n) is 11.7. The molecule has 0 atom stereocenters. The molecule has 2 aromatic rings. The minimum Gasteiger partial charge on any atom is -0.481 e. The van der Waals surface area contributed by atoms with E-state index in [0.717, 1.165) is 27.1 Å². The number of rotatable bonds is 5. The quantitative estimate of drug-likeness (QED) is 0.818. The van der Waals surface area contributed by atoms with Crippen LogP contribution in [0.3, 0.4) is 0 Å². The number of fused-ring (bicyclic) bond motifs is 1. The second-order valence-electron chi connectivity index (χ2n) is 5.21. The van der Waals surface area contributed by atoms with Gasteiger partial charge in [0, 0.05) is 10.0 Å². The van der Waals surface area contributed by atoms with Crippen molar-refractivity contribution in [1.29, 1.82) is 0 Å². The summed E-state index contributed by atoms with van der Waals surface area (Å²) in [5.74, 6) is -0.811. The van der Waals surface area contributed by atoms with Gasteiger partial charge in [0.25, 0.3) is 0 Å². The van der Waals surface area contributed by atoms with Crippen molar-refractivity contribution in [3.05, 3.63) is 22.7 Å². The van der Waals surface area contributed by atoms with Gasteiger partial charge in [-0.05, 0) is 38.5 Å². The molecule has 0 spiro atoms. The first-order chi connectivity index (χ1) is 9.35. The summed E-state index contributed by atoms with van der Waals surface area (Å²) in [5, 5.41) is 9.64. The third-order valence-electron chi connectivity index (χ3n) is 3.38. The minimum atomic E-state index is -0.830. The number of carboxylic acid groups (broad SMARTS) is 1. The molecule has 0 saturated carbocycles. The molecule has 0 bridgehead atoms. The lowest BCUT2D eigenvalue weighted by Crippen LogP contribution is -2.26. The molecule has 0 aliphatic rings. The van der Waals surface area contributed by atoms with Crippen molar-refractivity contribution < 1.29 is 9.90 Å². The van der Waals surface area contributed by atoms with Gasteiger partial charge in [-0.3, -0.25) is 4.79 Å². The predicted molar refractivity (Wildman–Crippen MR) is 85.4 cm³/mol. The molecule has 0 fully saturated rings. The molecule has 108 valence electrons. The molecule has 2 rings (SSSR count). The monoisotopic (exact) mass is 356 g/mol. The van der Waals surface area contributed by atoms with Crippen molar-refractivity contribution in [3.63, 3.8) is 0 Å². The molecule has 1 aromatic carbocycles. The van der Waals surface area contributed by atoms with Gasteiger partial charge >= 0.3 is 5.97 Å². The highest BCUT2D eigenvalue weighted by Crippen LogP contribution is 2.33. The average Bonchev–Trinajstić information content (AvgIpc) is 2.74. The number of halogens is 1. The highest BCUT2D eigenvalue weighted by atomic mass is 79.9. The van der Waals surface area contributed by atoms with Gasteiger partial charge in [-0.2, -0.15) is 0 Å². The number of aliphatic carboxylic acids is 1. The first kappa shape index (κ1) is 15.4. The van der Waals surface area contributed by atoms with Crippen molar-refractivity contribution in [2.24, 2.45) is 0 Å². The van der Waals surface area contributed by atoms with Crippen molar-refractivity contribution in [3.8, 4) is 0 Å². The van der Waals surface area contributed by atoms with E-state index in [-0.39, 0.29) is 11.3 Å². The van der Waals surface area contributed by atoms with Crippen molar-refractivity contribution in [1.82, 2.24) is 9.55 Å². The van der Waals surface area contributed by atoms with E-state index in [0.29, 0.717) is 0 Å². The Hall–Kier alpha value is -1.01. The molecule has 0 aliphatic heterocycles. The van der Waals surface area contributed by atoms with Crippen LogP contribution in [0.1, 0.15) is 27.2 Å². The van der Waals surface area contributed by atoms with E-state index in [9.17, 15) is 4.79 Å². The second-order valence-corrected chi connectivity index (χ2v) is 7.07. The number of hydrogen-bond donors (Lipinski definition) is 1. The van der Waals surface area contributed by atoms with Crippen molar-refractivity contribution >= 4 is 44.7 Å². The number of nitrogens with zero attached hydrogens (tertiary/aromatic N) is 2. The zero-order valence-corrected chi connectivity index (χ0v) is 14.1. The average molecular weight is 357 g/mol. The lowest BCUT2D eigenvalue weighted by atomic mass is 10.0. The molecule has 1 aromatic heterocycles. The Balaban J connectivity index is 2.60. The molecule has 20 heavy (non-hydrogen) atoms. The Labute approximate surface area is 130 Å². The maximum atomic E-state index is 10.8. The van der Waals surface area contributed by atoms with Crippen LogP contribution in [0.5, 0.6) is 0 Å². The number of imidazole rings is 1. The van der Waals surface area contributed by atoms with Crippen LogP contribution in [0.4, 0.5) is 0 Å². The topological polar surface area (TPSA) is 55.1 Å². The van der Waals surface area contributed by atoms with Gasteiger partial charge in [0.2, 0.25) is 0 Å². The van der Waals surface area contributed by atoms with Gasteiger partial charge in [0.1, 0.15) is 0 Å². The maximum absolute atomic E-state index is 10.8. The van der Waals surface area contributed by atoms with Gasteiger partial charge in [-0.1, -0.05) is 34.6 Å². The summed E-state index contributed by atoms with van der Waals surface area (Å²) in [6.45, 7) is 6.40. The van der Waals surface area contributed by atoms with Crippen LogP contribution in [0.15, 0.2) is 27.8 Å². The molecule has 1 N–H and O–H groups in total. The molecule has 1 heterocycles. The molecule has 6 heteroatoms. The van der Waals surface area contributed by atoms with Crippen LogP contribution >= 0.6 is 27.7 Å². The van der Waals surface area contributed by atoms with E-state index in [1.807, 2.05) is 18.2 Å². The largest absolute Gasteiger partial charge is 0.481 e. The SMILES string of the molecule is CCC(C)(C)n1c(SCC(=O)O)nc2ccc(Br)cc21. The first-order valence-electron chi connectivity index (χ1n) is 6.38. The summed E-state index contributed by atoms with van der Waals surface area (Å²) in [6, 6.07) is 5.93. The predicted octanol–water partition coefficient (Wildman–Crippen LogP) is 4.12. The molecule has 0 unspecified atom stereocenters. The summed E-state index contributed by atoms with van der Waals surface area (Å²) in [5.41, 5.74) is 1.80. The van der Waals surface area contributed by atoms with E-state index in [4.69, 9.17) is 5.11 Å². The number of aromatic nitrogens is 2. The van der Waals surface area contributed by atoms with Crippen LogP contribution in [-0.4, -0.2) is 26.4 Å². The van der Waals surface area contributed by atoms with E-state index in [1.54, 1.807) is 0 Å². The van der Waals surface area contributed by atoms with E-state index in [2.05, 4.69) is 46.3 Å². The van der Waals surface area contributed by atoms with Gasteiger partial charge in [-0.15, -0.1) is 0 Å². The summed E-state index contributed by atoms with van der Waals surface area (Å²) in [4.78, 5) is 15.4. The van der Waals surface area contributed by atoms with Gasteiger partial charge in [-0.25, -0.2) is 4.98 Å². The van der Waals surface area contributed by atoms with Gasteiger partial charge in [0.05, 0.1) is 16.8 Å². The zero-order chi connectivity index (χ0) is 14.9. The molecule has 4 nitrogen and oxygen atoms in total. The number of hydrogen-bond acceptors (Lipinski definition) is 3. The smallest absolute Gasteiger partial charge is 0.313 e. The first-order valence-corrected chi connectivity index (χ1v) is 8.16. The van der Waals surface area contributed by atoms with Gasteiger partial charge < -0.3 is 9.67 Å². The lowest BCUT2D eigenvalue weighted by molar-refractivity contribution is -0.133. The molecular formula is C14H17BrN2O2S. The van der Waals surface area contributed by atoms with Crippen LogP contribution in [-0.2, 0) is 10.3 Å². The molecule has 0 aliphatic carbocycles. The Morgan fingerprint density at radius 2 is 2.20 bits per heavy atom. The Kier molecular flexibility index (Phi) is 4.44. The summed E-state index contributed by atoms with van der Waals surface area (Å²) < 4.78 is 3.13. The Morgan fingerprint density at radius 1 is 1.50 bits per heavy atom. The fourth-order valence-electron chi connectivity index (χ4n) is 1.99. The molecule has 0 radical (unpaired) electrons. The standard InChI is InChI=1S/C14H17BrN2O2S/c1-4-14(2,3)17-11-7-9(15)5-6-10(11)16-13(17)20-8-12(18)19/h5-7H,4,8H2,1-3H3,(H,18,19). The van der Waals surface area contributed by atoms with Crippen LogP contribution < -0.4 is 0 Å². The minimum absolute atomic E-state index is 0.0181. The van der Waals surface area contributed by atoms with Gasteiger partial charge in [0.15, 0.2) is 5.16 Å². The Morgan fingerprint density at radius 3 is 2.80 bits per heavy atom. The van der Waals surface area contributed by atoms with Crippen LogP contribution in [0.2, 0.25) is 0 Å². The molecule has 0 saturated heterocycles. The summed E-state index contributed by atoms with van der Waals surface area (Å²) in [6.07, 6.45) is 0.936. The maximum Gasteiger partial charge on any atom is 0.313 e. The number of thioether (sulfide) groups is 1. The highest BCUT2D eigenvalue weighted by molar-refractivity contribution is 9.10. The van der Waals surface area contributed by atoms with Crippen molar-refractivity contribution in [2.45, 2.75) is 37.9 Å². The fourth-order valence-corrected chi connectivity index (χ4v) is 3.23. The summed E-state index contributed by atoms with van der Waals surface area (Å²) >= 11 is 4.75. The number of carboxylic acids is 1. The van der Waals surface area contributed by atoms with Crippen molar-refractivity contribution in [2.75, 3.05) is 5.75 Å². The van der Waals surface area contributed by atoms with Crippen LogP contribution in [0.25, 0.3) is 11.0 Å². The lowest BCUT2D eigenvalue weighted by Gasteiger charge is -2.27. The third kappa shape index (κ3) is 3.01. The Bertz CT molecular complexity index is 652. The fraction of sp³-hybridized carbons (Fsp3) is 0.429. The highest BCUT2D eigenvalue weighted by Gasteiger charge is 2.25. The molecular weight excluding hydrogens is 340 g/mol. The van der Waals surface area contributed by atoms with E-state index in [1.165, 1.54) is 11.8 Å². The number of benzene rings is 1. The summed E-state index contributed by atoms with van der Waals surface area (Å²) in [7, 11) is 0. The third-order valence-corrected chi connectivity index (χ3v) is 4.80. The molecule has 0 amide bonds. The second kappa shape index (κ2) is 5.77. The van der Waals surface area contributed by atoms with E-state index < -0.39 is 5.97 Å². The van der Waals surface area contributed by atoms with E-state index >= 15 is 0 Å².